The first-order valence-electron chi connectivity index (χ1n) is 4.99. The Kier molecular flexibility index (Phi) is 3.53. The molecular weight excluding hydrogens is 150 g/mol. The number of rotatable bonds is 3. The summed E-state index contributed by atoms with van der Waals surface area (Å²) in [5.74, 6) is 0.697. The summed E-state index contributed by atoms with van der Waals surface area (Å²) in [6, 6.07) is 0.424. The third kappa shape index (κ3) is 2.46. The molecule has 0 aromatic carbocycles. The van der Waals surface area contributed by atoms with E-state index in [1.807, 2.05) is 0 Å². The van der Waals surface area contributed by atoms with Gasteiger partial charge in [0.05, 0.1) is 6.10 Å². The van der Waals surface area contributed by atoms with E-state index in [-0.39, 0.29) is 6.10 Å². The zero-order valence-corrected chi connectivity index (χ0v) is 8.45. The molecule has 0 radical (unpaired) electrons. The van der Waals surface area contributed by atoms with Crippen molar-refractivity contribution in [2.24, 2.45) is 5.92 Å². The maximum Gasteiger partial charge on any atom is 0.0695 e. The smallest absolute Gasteiger partial charge is 0.0695 e. The topological polar surface area (TPSA) is 23.5 Å². The Bertz CT molecular complexity index is 136. The molecule has 1 aliphatic rings. The van der Waals surface area contributed by atoms with Crippen molar-refractivity contribution in [3.05, 3.63) is 0 Å². The van der Waals surface area contributed by atoms with Crippen molar-refractivity contribution in [2.75, 3.05) is 13.6 Å². The second-order valence-corrected chi connectivity index (χ2v) is 4.40. The summed E-state index contributed by atoms with van der Waals surface area (Å²) in [6.07, 6.45) is 3.28. The summed E-state index contributed by atoms with van der Waals surface area (Å²) < 4.78 is 0. The van der Waals surface area contributed by atoms with Crippen LogP contribution in [0, 0.1) is 5.92 Å². The molecule has 1 aliphatic carbocycles. The highest BCUT2D eigenvalue weighted by Crippen LogP contribution is 2.23. The monoisotopic (exact) mass is 171 g/mol. The lowest BCUT2D eigenvalue weighted by atomic mass is 10.1. The first-order valence-corrected chi connectivity index (χ1v) is 4.99. The van der Waals surface area contributed by atoms with Gasteiger partial charge >= 0.3 is 0 Å². The van der Waals surface area contributed by atoms with Crippen LogP contribution >= 0.6 is 0 Å². The van der Waals surface area contributed by atoms with Crippen LogP contribution in [-0.2, 0) is 0 Å². The molecule has 12 heavy (non-hydrogen) atoms. The molecule has 72 valence electrons. The number of nitrogens with zero attached hydrogens (tertiary/aromatic N) is 1. The van der Waals surface area contributed by atoms with Gasteiger partial charge in [0.15, 0.2) is 0 Å². The number of aliphatic hydroxyl groups is 1. The van der Waals surface area contributed by atoms with Crippen LogP contribution in [0.25, 0.3) is 0 Å². The summed E-state index contributed by atoms with van der Waals surface area (Å²) in [5, 5.41) is 9.63. The lowest BCUT2D eigenvalue weighted by Gasteiger charge is -2.28. The van der Waals surface area contributed by atoms with Crippen molar-refractivity contribution >= 4 is 0 Å². The van der Waals surface area contributed by atoms with E-state index >= 15 is 0 Å². The molecule has 0 bridgehead atoms. The number of hydrogen-bond donors (Lipinski definition) is 1. The molecule has 1 fully saturated rings. The summed E-state index contributed by atoms with van der Waals surface area (Å²) >= 11 is 0. The number of likely N-dealkylation sites (N-methyl/N-ethyl adjacent to an activating group) is 1. The minimum absolute atomic E-state index is 0.0752. The van der Waals surface area contributed by atoms with E-state index in [1.165, 1.54) is 12.8 Å². The maximum absolute atomic E-state index is 9.63. The van der Waals surface area contributed by atoms with Crippen molar-refractivity contribution in [2.45, 2.75) is 45.3 Å². The molecule has 0 aliphatic heterocycles. The standard InChI is InChI=1S/C10H21NO/c1-8(2)7-11(3)9-5-4-6-10(9)12/h8-10,12H,4-7H2,1-3H3/t9-,10+/m1/s1. The molecule has 1 N–H and O–H groups in total. The van der Waals surface area contributed by atoms with E-state index < -0.39 is 0 Å². The minimum atomic E-state index is -0.0752. The molecule has 0 spiro atoms. The quantitative estimate of drug-likeness (QED) is 0.695. The van der Waals surface area contributed by atoms with Crippen LogP contribution < -0.4 is 0 Å². The molecule has 0 aromatic rings. The fourth-order valence-corrected chi connectivity index (χ4v) is 2.15. The average Bonchev–Trinajstić information content (AvgIpc) is 2.33. The molecular formula is C10H21NO. The predicted molar refractivity (Wildman–Crippen MR) is 51.1 cm³/mol. The second-order valence-electron chi connectivity index (χ2n) is 4.40. The highest BCUT2D eigenvalue weighted by Gasteiger charge is 2.28. The number of hydrogen-bond acceptors (Lipinski definition) is 2. The van der Waals surface area contributed by atoms with Crippen LogP contribution in [0.15, 0.2) is 0 Å². The van der Waals surface area contributed by atoms with Crippen molar-refractivity contribution in [1.82, 2.24) is 4.90 Å². The molecule has 1 rings (SSSR count). The highest BCUT2D eigenvalue weighted by molar-refractivity contribution is 4.83. The van der Waals surface area contributed by atoms with Crippen LogP contribution in [0.3, 0.4) is 0 Å². The first kappa shape index (κ1) is 10.0. The summed E-state index contributed by atoms with van der Waals surface area (Å²) in [6.45, 7) is 5.54. The van der Waals surface area contributed by atoms with E-state index in [9.17, 15) is 5.11 Å². The van der Waals surface area contributed by atoms with Gasteiger partial charge in [0.2, 0.25) is 0 Å². The van der Waals surface area contributed by atoms with Gasteiger partial charge in [-0.3, -0.25) is 0 Å². The van der Waals surface area contributed by atoms with E-state index in [4.69, 9.17) is 0 Å². The van der Waals surface area contributed by atoms with Gasteiger partial charge in [0, 0.05) is 12.6 Å². The van der Waals surface area contributed by atoms with Crippen LogP contribution in [0.5, 0.6) is 0 Å². The van der Waals surface area contributed by atoms with Gasteiger partial charge in [0.1, 0.15) is 0 Å². The van der Waals surface area contributed by atoms with Crippen molar-refractivity contribution < 1.29 is 5.11 Å². The van der Waals surface area contributed by atoms with Crippen molar-refractivity contribution in [3.8, 4) is 0 Å². The lowest BCUT2D eigenvalue weighted by Crippen LogP contribution is -2.39. The minimum Gasteiger partial charge on any atom is -0.391 e. The third-order valence-electron chi connectivity index (χ3n) is 2.66. The summed E-state index contributed by atoms with van der Waals surface area (Å²) in [4.78, 5) is 2.31. The average molecular weight is 171 g/mol. The fraction of sp³-hybridized carbons (Fsp3) is 1.00. The molecule has 0 heterocycles. The van der Waals surface area contributed by atoms with E-state index in [1.54, 1.807) is 0 Å². The zero-order chi connectivity index (χ0) is 9.14. The molecule has 0 unspecified atom stereocenters. The van der Waals surface area contributed by atoms with Crippen molar-refractivity contribution in [1.29, 1.82) is 0 Å². The van der Waals surface area contributed by atoms with Gasteiger partial charge in [-0.1, -0.05) is 13.8 Å². The van der Waals surface area contributed by atoms with Crippen LogP contribution in [0.4, 0.5) is 0 Å². The third-order valence-corrected chi connectivity index (χ3v) is 2.66. The Morgan fingerprint density at radius 1 is 1.42 bits per heavy atom. The van der Waals surface area contributed by atoms with Crippen molar-refractivity contribution in [3.63, 3.8) is 0 Å². The molecule has 2 atom stereocenters. The van der Waals surface area contributed by atoms with E-state index in [0.717, 1.165) is 13.0 Å². The Hall–Kier alpha value is -0.0800. The Morgan fingerprint density at radius 3 is 2.50 bits per heavy atom. The largest absolute Gasteiger partial charge is 0.391 e. The van der Waals surface area contributed by atoms with Gasteiger partial charge in [0.25, 0.3) is 0 Å². The molecule has 2 nitrogen and oxygen atoms in total. The Balaban J connectivity index is 2.35. The van der Waals surface area contributed by atoms with Gasteiger partial charge in [-0.2, -0.15) is 0 Å². The van der Waals surface area contributed by atoms with Crippen LogP contribution in [-0.4, -0.2) is 35.7 Å². The van der Waals surface area contributed by atoms with Crippen LogP contribution in [0.1, 0.15) is 33.1 Å². The molecule has 0 aromatic heterocycles. The Morgan fingerprint density at radius 2 is 2.08 bits per heavy atom. The normalized spacial score (nSPS) is 30.5. The van der Waals surface area contributed by atoms with Gasteiger partial charge < -0.3 is 10.0 Å². The van der Waals surface area contributed by atoms with E-state index in [2.05, 4.69) is 25.8 Å². The second kappa shape index (κ2) is 4.24. The number of aliphatic hydroxyl groups excluding tert-OH is 1. The first-order chi connectivity index (χ1) is 5.61. The SMILES string of the molecule is CC(C)CN(C)[C@@H]1CCC[C@@H]1O. The molecule has 2 heteroatoms. The predicted octanol–water partition coefficient (Wildman–Crippen LogP) is 1.49. The van der Waals surface area contributed by atoms with Crippen LogP contribution in [0.2, 0.25) is 0 Å². The highest BCUT2D eigenvalue weighted by atomic mass is 16.3. The molecule has 0 amide bonds. The van der Waals surface area contributed by atoms with E-state index in [0.29, 0.717) is 12.0 Å². The van der Waals surface area contributed by atoms with Gasteiger partial charge in [-0.05, 0) is 32.2 Å². The fourth-order valence-electron chi connectivity index (χ4n) is 2.15. The summed E-state index contributed by atoms with van der Waals surface area (Å²) in [7, 11) is 2.12. The van der Waals surface area contributed by atoms with Gasteiger partial charge in [-0.25, -0.2) is 0 Å². The lowest BCUT2D eigenvalue weighted by molar-refractivity contribution is 0.0801. The van der Waals surface area contributed by atoms with Gasteiger partial charge in [-0.15, -0.1) is 0 Å². The maximum atomic E-state index is 9.63. The summed E-state index contributed by atoms with van der Waals surface area (Å²) in [5.41, 5.74) is 0. The molecule has 0 saturated heterocycles. The zero-order valence-electron chi connectivity index (χ0n) is 8.45. The Labute approximate surface area is 75.6 Å². The molecule has 1 saturated carbocycles.